The smallest absolute Gasteiger partial charge is 0.383 e. The fraction of sp³-hybridized carbons (Fsp3) is 0.417. The van der Waals surface area contributed by atoms with Crippen molar-refractivity contribution in [1.29, 1.82) is 5.26 Å². The van der Waals surface area contributed by atoms with Crippen molar-refractivity contribution < 1.29 is 26.3 Å². The van der Waals surface area contributed by atoms with Gasteiger partial charge < -0.3 is 4.74 Å². The molecule has 0 bridgehead atoms. The third-order valence-electron chi connectivity index (χ3n) is 2.50. The van der Waals surface area contributed by atoms with E-state index >= 15 is 0 Å². The Hall–Kier alpha value is -1.63. The lowest BCUT2D eigenvalue weighted by molar-refractivity contribution is -0.137. The van der Waals surface area contributed by atoms with Crippen LogP contribution in [-0.2, 0) is 20.9 Å². The number of alkyl halides is 3. The van der Waals surface area contributed by atoms with Crippen LogP contribution < -0.4 is 4.72 Å². The van der Waals surface area contributed by atoms with Gasteiger partial charge in [0.25, 0.3) is 0 Å². The molecule has 1 rings (SSSR count). The molecule has 0 saturated heterocycles. The minimum Gasteiger partial charge on any atom is -0.383 e. The summed E-state index contributed by atoms with van der Waals surface area (Å²) in [6, 6.07) is 3.01. The van der Waals surface area contributed by atoms with E-state index in [0.29, 0.717) is 6.07 Å². The van der Waals surface area contributed by atoms with Crippen molar-refractivity contribution in [2.24, 2.45) is 0 Å². The van der Waals surface area contributed by atoms with E-state index < -0.39 is 38.3 Å². The minimum atomic E-state index is -4.81. The molecule has 0 aliphatic carbocycles. The van der Waals surface area contributed by atoms with E-state index in [2.05, 4.69) is 4.72 Å². The lowest BCUT2D eigenvalue weighted by Gasteiger charge is -2.15. The van der Waals surface area contributed by atoms with Crippen molar-refractivity contribution in [3.63, 3.8) is 0 Å². The average molecular weight is 322 g/mol. The van der Waals surface area contributed by atoms with Crippen LogP contribution in [-0.4, -0.2) is 28.2 Å². The Kier molecular flexibility index (Phi) is 5.33. The molecule has 1 aromatic carbocycles. The van der Waals surface area contributed by atoms with E-state index in [1.165, 1.54) is 20.1 Å². The highest BCUT2D eigenvalue weighted by atomic mass is 32.2. The van der Waals surface area contributed by atoms with E-state index in [1.807, 2.05) is 0 Å². The standard InChI is InChI=1S/C12H13F3N2O3S/c1-8(7-20-2)17-21(18,19)10-4-3-9(6-16)11(5-10)12(13,14)15/h3-5,8,17H,7H2,1-2H3. The predicted octanol–water partition coefficient (Wildman–Crippen LogP) is 1.89. The number of nitrogens with one attached hydrogen (secondary N) is 1. The molecule has 116 valence electrons. The van der Waals surface area contributed by atoms with Gasteiger partial charge in [0, 0.05) is 13.2 Å². The van der Waals surface area contributed by atoms with Crippen LogP contribution in [0.15, 0.2) is 23.1 Å². The van der Waals surface area contributed by atoms with Gasteiger partial charge in [-0.2, -0.15) is 18.4 Å². The molecule has 1 unspecified atom stereocenters. The summed E-state index contributed by atoms with van der Waals surface area (Å²) in [5.41, 5.74) is -1.92. The first kappa shape index (κ1) is 17.4. The lowest BCUT2D eigenvalue weighted by Crippen LogP contribution is -2.35. The van der Waals surface area contributed by atoms with Gasteiger partial charge >= 0.3 is 6.18 Å². The zero-order chi connectivity index (χ0) is 16.3. The Morgan fingerprint density at radius 3 is 2.52 bits per heavy atom. The van der Waals surface area contributed by atoms with Crippen LogP contribution in [0.5, 0.6) is 0 Å². The summed E-state index contributed by atoms with van der Waals surface area (Å²) in [4.78, 5) is -0.559. The third kappa shape index (κ3) is 4.42. The van der Waals surface area contributed by atoms with E-state index in [-0.39, 0.29) is 6.61 Å². The first-order valence-electron chi connectivity index (χ1n) is 5.74. The van der Waals surface area contributed by atoms with Gasteiger partial charge in [0.1, 0.15) is 0 Å². The van der Waals surface area contributed by atoms with E-state index in [1.54, 1.807) is 0 Å². The predicted molar refractivity (Wildman–Crippen MR) is 67.8 cm³/mol. The fourth-order valence-electron chi connectivity index (χ4n) is 1.64. The van der Waals surface area contributed by atoms with E-state index in [4.69, 9.17) is 10.00 Å². The summed E-state index contributed by atoms with van der Waals surface area (Å²) < 4.78 is 69.3. The molecule has 0 radical (unpaired) electrons. The highest BCUT2D eigenvalue weighted by molar-refractivity contribution is 7.89. The lowest BCUT2D eigenvalue weighted by atomic mass is 10.1. The number of hydrogen-bond acceptors (Lipinski definition) is 4. The normalized spacial score (nSPS) is 13.7. The number of methoxy groups -OCH3 is 1. The Morgan fingerprint density at radius 1 is 1.43 bits per heavy atom. The van der Waals surface area contributed by atoms with Gasteiger partial charge in [0.15, 0.2) is 0 Å². The molecule has 0 aliphatic heterocycles. The van der Waals surface area contributed by atoms with Gasteiger partial charge in [-0.15, -0.1) is 0 Å². The molecular weight excluding hydrogens is 309 g/mol. The fourth-order valence-corrected chi connectivity index (χ4v) is 2.89. The maximum Gasteiger partial charge on any atom is 0.417 e. The second-order valence-electron chi connectivity index (χ2n) is 4.29. The number of hydrogen-bond donors (Lipinski definition) is 1. The number of nitrogens with zero attached hydrogens (tertiary/aromatic N) is 1. The summed E-state index contributed by atoms with van der Waals surface area (Å²) in [6.45, 7) is 1.58. The molecule has 0 fully saturated rings. The van der Waals surface area contributed by atoms with Crippen LogP contribution in [0.1, 0.15) is 18.1 Å². The molecule has 0 aromatic heterocycles. The zero-order valence-corrected chi connectivity index (χ0v) is 12.0. The molecule has 0 spiro atoms. The Bertz CT molecular complexity index is 651. The first-order chi connectivity index (χ1) is 9.61. The highest BCUT2D eigenvalue weighted by Crippen LogP contribution is 2.33. The molecule has 0 heterocycles. The molecule has 0 amide bonds. The highest BCUT2D eigenvalue weighted by Gasteiger charge is 2.35. The number of nitriles is 1. The topological polar surface area (TPSA) is 79.2 Å². The van der Waals surface area contributed by atoms with Gasteiger partial charge in [-0.1, -0.05) is 0 Å². The number of halogens is 3. The molecule has 1 atom stereocenters. The van der Waals surface area contributed by atoms with Crippen LogP contribution in [0.4, 0.5) is 13.2 Å². The number of sulfonamides is 1. The quantitative estimate of drug-likeness (QED) is 0.898. The Labute approximate surface area is 120 Å². The Morgan fingerprint density at radius 2 is 2.05 bits per heavy atom. The summed E-state index contributed by atoms with van der Waals surface area (Å²) in [7, 11) is -2.76. The second kappa shape index (κ2) is 6.43. The first-order valence-corrected chi connectivity index (χ1v) is 7.22. The molecular formula is C12H13F3N2O3S. The van der Waals surface area contributed by atoms with Gasteiger partial charge in [-0.25, -0.2) is 13.1 Å². The molecule has 1 aromatic rings. The van der Waals surface area contributed by atoms with Gasteiger partial charge in [-0.05, 0) is 25.1 Å². The monoisotopic (exact) mass is 322 g/mol. The molecule has 1 N–H and O–H groups in total. The third-order valence-corrected chi connectivity index (χ3v) is 4.09. The minimum absolute atomic E-state index is 0.0711. The number of ether oxygens (including phenoxy) is 1. The Balaban J connectivity index is 3.24. The number of rotatable bonds is 5. The van der Waals surface area contributed by atoms with Crippen molar-refractivity contribution in [3.8, 4) is 6.07 Å². The van der Waals surface area contributed by atoms with Crippen molar-refractivity contribution in [1.82, 2.24) is 4.72 Å². The summed E-state index contributed by atoms with van der Waals surface area (Å²) >= 11 is 0. The average Bonchev–Trinajstić information content (AvgIpc) is 2.36. The molecule has 9 heteroatoms. The van der Waals surface area contributed by atoms with Crippen molar-refractivity contribution >= 4 is 10.0 Å². The molecule has 0 saturated carbocycles. The molecule has 21 heavy (non-hydrogen) atoms. The van der Waals surface area contributed by atoms with E-state index in [9.17, 15) is 21.6 Å². The number of benzene rings is 1. The summed E-state index contributed by atoms with van der Waals surface area (Å²) in [6.07, 6.45) is -4.81. The SMILES string of the molecule is COCC(C)NS(=O)(=O)c1ccc(C#N)c(C(F)(F)F)c1. The van der Waals surface area contributed by atoms with Crippen LogP contribution in [0.2, 0.25) is 0 Å². The van der Waals surface area contributed by atoms with Crippen molar-refractivity contribution in [2.45, 2.75) is 24.0 Å². The van der Waals surface area contributed by atoms with Gasteiger partial charge in [0.2, 0.25) is 10.0 Å². The van der Waals surface area contributed by atoms with E-state index in [0.717, 1.165) is 12.1 Å². The second-order valence-corrected chi connectivity index (χ2v) is 6.01. The zero-order valence-electron chi connectivity index (χ0n) is 11.2. The molecule has 0 aliphatic rings. The maximum absolute atomic E-state index is 12.8. The largest absolute Gasteiger partial charge is 0.417 e. The van der Waals surface area contributed by atoms with Crippen molar-refractivity contribution in [2.75, 3.05) is 13.7 Å². The maximum atomic E-state index is 12.8. The van der Waals surface area contributed by atoms with Crippen LogP contribution in [0, 0.1) is 11.3 Å². The van der Waals surface area contributed by atoms with Gasteiger partial charge in [-0.3, -0.25) is 0 Å². The molecule has 5 nitrogen and oxygen atoms in total. The van der Waals surface area contributed by atoms with Crippen LogP contribution >= 0.6 is 0 Å². The van der Waals surface area contributed by atoms with Crippen molar-refractivity contribution in [3.05, 3.63) is 29.3 Å². The van der Waals surface area contributed by atoms with Crippen LogP contribution in [0.25, 0.3) is 0 Å². The van der Waals surface area contributed by atoms with Crippen LogP contribution in [0.3, 0.4) is 0 Å². The summed E-state index contributed by atoms with van der Waals surface area (Å²) in [5.74, 6) is 0. The van der Waals surface area contributed by atoms with Gasteiger partial charge in [0.05, 0.1) is 28.7 Å². The summed E-state index contributed by atoms with van der Waals surface area (Å²) in [5, 5.41) is 8.66.